The van der Waals surface area contributed by atoms with Crippen molar-refractivity contribution in [2.75, 3.05) is 13.1 Å². The highest BCUT2D eigenvalue weighted by Crippen LogP contribution is 2.31. The van der Waals surface area contributed by atoms with Gasteiger partial charge in [0.1, 0.15) is 5.56 Å². The third kappa shape index (κ3) is 3.32. The van der Waals surface area contributed by atoms with Crippen molar-refractivity contribution >= 4 is 5.65 Å². The van der Waals surface area contributed by atoms with Crippen LogP contribution in [0.1, 0.15) is 43.0 Å². The second-order valence-electron chi connectivity index (χ2n) is 8.46. The lowest BCUT2D eigenvalue weighted by Crippen LogP contribution is -2.31. The van der Waals surface area contributed by atoms with Crippen LogP contribution in [0.5, 0.6) is 0 Å². The van der Waals surface area contributed by atoms with Crippen molar-refractivity contribution in [1.82, 2.24) is 29.7 Å². The average molecular weight is 431 g/mol. The first-order valence-corrected chi connectivity index (χ1v) is 10.9. The summed E-state index contributed by atoms with van der Waals surface area (Å²) in [5.74, 6) is 0.988. The van der Waals surface area contributed by atoms with Crippen LogP contribution in [0.4, 0.5) is 0 Å². The van der Waals surface area contributed by atoms with Crippen molar-refractivity contribution in [2.24, 2.45) is 0 Å². The number of likely N-dealkylation sites (tertiary alicyclic amines) is 1. The number of H-pyrrole nitrogens is 1. The van der Waals surface area contributed by atoms with Gasteiger partial charge in [0, 0.05) is 36.0 Å². The van der Waals surface area contributed by atoms with Crippen LogP contribution in [-0.4, -0.2) is 42.8 Å². The van der Waals surface area contributed by atoms with Crippen molar-refractivity contribution < 1.29 is 4.42 Å². The van der Waals surface area contributed by atoms with Crippen LogP contribution >= 0.6 is 0 Å². The number of fused-ring (bicyclic) bond motifs is 1. The molecule has 1 fully saturated rings. The van der Waals surface area contributed by atoms with Gasteiger partial charge in [-0.3, -0.25) is 9.89 Å². The van der Waals surface area contributed by atoms with E-state index in [0.29, 0.717) is 22.8 Å². The van der Waals surface area contributed by atoms with E-state index in [1.807, 2.05) is 51.1 Å². The Bertz CT molecular complexity index is 1360. The first-order valence-electron chi connectivity index (χ1n) is 10.9. The molecule has 3 aromatic heterocycles. The minimum absolute atomic E-state index is 0.184. The fourth-order valence-corrected chi connectivity index (χ4v) is 4.50. The van der Waals surface area contributed by atoms with Gasteiger partial charge in [0.2, 0.25) is 5.89 Å². The highest BCUT2D eigenvalue weighted by molar-refractivity contribution is 5.80. The van der Waals surface area contributed by atoms with Crippen LogP contribution in [0, 0.1) is 13.8 Å². The number of rotatable bonds is 4. The van der Waals surface area contributed by atoms with Gasteiger partial charge >= 0.3 is 0 Å². The normalized spacial score (nSPS) is 14.9. The fourth-order valence-electron chi connectivity index (χ4n) is 4.50. The molecule has 4 aromatic rings. The molecule has 0 saturated carbocycles. The summed E-state index contributed by atoms with van der Waals surface area (Å²) in [6.45, 7) is 11.6. The Morgan fingerprint density at radius 2 is 1.84 bits per heavy atom. The standard InChI is InChI=1S/C24H26N6O2/c1-14(2)29-12-10-18(11-13-29)22-26-27-23(32-22)20-15(3)25-21-19(17-8-6-5-7-9-17)16(4)28-30(21)24(20)31/h5-9,18,28H,1,10-13H2,2-4H3. The van der Waals surface area contributed by atoms with E-state index in [-0.39, 0.29) is 17.4 Å². The minimum Gasteiger partial charge on any atom is -0.420 e. The highest BCUT2D eigenvalue weighted by Gasteiger charge is 2.27. The number of piperidine rings is 1. The highest BCUT2D eigenvalue weighted by atomic mass is 16.4. The van der Waals surface area contributed by atoms with E-state index in [1.165, 1.54) is 4.52 Å². The van der Waals surface area contributed by atoms with Gasteiger partial charge < -0.3 is 9.32 Å². The third-order valence-electron chi connectivity index (χ3n) is 6.24. The number of aromatic amines is 1. The SMILES string of the molecule is C=C(C)N1CCC(c2nnc(-c3c(C)nc4c(-c5ccccc5)c(C)[nH]n4c3=O)o2)CC1. The van der Waals surface area contributed by atoms with Gasteiger partial charge in [0.25, 0.3) is 11.4 Å². The lowest BCUT2D eigenvalue weighted by molar-refractivity contribution is 0.245. The molecule has 32 heavy (non-hydrogen) atoms. The summed E-state index contributed by atoms with van der Waals surface area (Å²) < 4.78 is 7.47. The second-order valence-corrected chi connectivity index (χ2v) is 8.46. The molecule has 4 heterocycles. The average Bonchev–Trinajstić information content (AvgIpc) is 3.39. The Labute approximate surface area is 185 Å². The summed E-state index contributed by atoms with van der Waals surface area (Å²) in [6.07, 6.45) is 1.83. The Balaban J connectivity index is 1.52. The van der Waals surface area contributed by atoms with Crippen molar-refractivity contribution in [3.8, 4) is 22.6 Å². The Kier molecular flexibility index (Phi) is 4.92. The van der Waals surface area contributed by atoms with E-state index >= 15 is 0 Å². The molecular formula is C24H26N6O2. The van der Waals surface area contributed by atoms with Crippen LogP contribution in [0.3, 0.4) is 0 Å². The number of allylic oxidation sites excluding steroid dienone is 1. The van der Waals surface area contributed by atoms with Crippen LogP contribution in [-0.2, 0) is 0 Å². The number of benzene rings is 1. The molecule has 1 saturated heterocycles. The maximum atomic E-state index is 13.4. The van der Waals surface area contributed by atoms with Gasteiger partial charge in [-0.15, -0.1) is 10.2 Å². The predicted octanol–water partition coefficient (Wildman–Crippen LogP) is 4.07. The van der Waals surface area contributed by atoms with Crippen molar-refractivity contribution in [1.29, 1.82) is 0 Å². The first kappa shape index (κ1) is 20.2. The van der Waals surface area contributed by atoms with E-state index in [1.54, 1.807) is 0 Å². The van der Waals surface area contributed by atoms with Crippen molar-refractivity contribution in [3.63, 3.8) is 0 Å². The Morgan fingerprint density at radius 3 is 2.53 bits per heavy atom. The zero-order chi connectivity index (χ0) is 22.4. The first-order chi connectivity index (χ1) is 15.4. The van der Waals surface area contributed by atoms with Gasteiger partial charge in [0.05, 0.1) is 5.69 Å². The zero-order valence-electron chi connectivity index (χ0n) is 18.6. The molecule has 0 amide bonds. The zero-order valence-corrected chi connectivity index (χ0v) is 18.6. The summed E-state index contributed by atoms with van der Waals surface area (Å²) in [7, 11) is 0. The molecule has 8 heteroatoms. The van der Waals surface area contributed by atoms with Gasteiger partial charge in [-0.25, -0.2) is 9.50 Å². The van der Waals surface area contributed by atoms with Gasteiger partial charge in [-0.05, 0) is 39.2 Å². The van der Waals surface area contributed by atoms with Crippen molar-refractivity contribution in [2.45, 2.75) is 39.5 Å². The van der Waals surface area contributed by atoms with Crippen LogP contribution in [0.2, 0.25) is 0 Å². The predicted molar refractivity (Wildman–Crippen MR) is 122 cm³/mol. The number of nitrogens with one attached hydrogen (secondary N) is 1. The quantitative estimate of drug-likeness (QED) is 0.525. The summed E-state index contributed by atoms with van der Waals surface area (Å²) >= 11 is 0. The molecule has 8 nitrogen and oxygen atoms in total. The lowest BCUT2D eigenvalue weighted by Gasteiger charge is -2.32. The van der Waals surface area contributed by atoms with Gasteiger partial charge in [-0.2, -0.15) is 0 Å². The van der Waals surface area contributed by atoms with Crippen LogP contribution < -0.4 is 5.56 Å². The summed E-state index contributed by atoms with van der Waals surface area (Å²) in [5, 5.41) is 11.6. The van der Waals surface area contributed by atoms with Gasteiger partial charge in [-0.1, -0.05) is 36.9 Å². The van der Waals surface area contributed by atoms with Crippen molar-refractivity contribution in [3.05, 3.63) is 70.2 Å². The fraction of sp³-hybridized carbons (Fsp3) is 0.333. The molecule has 0 aliphatic carbocycles. The number of hydrogen-bond donors (Lipinski definition) is 1. The topological polar surface area (TPSA) is 92.3 Å². The molecular weight excluding hydrogens is 404 g/mol. The van der Waals surface area contributed by atoms with E-state index in [9.17, 15) is 4.79 Å². The second kappa shape index (κ2) is 7.78. The molecule has 1 aliphatic rings. The van der Waals surface area contributed by atoms with E-state index in [2.05, 4.69) is 26.8 Å². The molecule has 0 atom stereocenters. The molecule has 0 radical (unpaired) electrons. The molecule has 0 spiro atoms. The number of nitrogens with zero attached hydrogens (tertiary/aromatic N) is 5. The van der Waals surface area contributed by atoms with E-state index in [4.69, 9.17) is 9.40 Å². The van der Waals surface area contributed by atoms with E-state index in [0.717, 1.165) is 48.4 Å². The molecule has 164 valence electrons. The molecule has 5 rings (SSSR count). The Morgan fingerprint density at radius 1 is 1.12 bits per heavy atom. The smallest absolute Gasteiger partial charge is 0.285 e. The molecule has 1 aromatic carbocycles. The summed E-state index contributed by atoms with van der Waals surface area (Å²) in [5.41, 5.74) is 5.11. The number of aryl methyl sites for hydroxylation is 2. The largest absolute Gasteiger partial charge is 0.420 e. The molecule has 0 bridgehead atoms. The minimum atomic E-state index is -0.245. The molecule has 1 N–H and O–H groups in total. The monoisotopic (exact) mass is 430 g/mol. The lowest BCUT2D eigenvalue weighted by atomic mass is 9.96. The maximum absolute atomic E-state index is 13.4. The number of aromatic nitrogens is 5. The number of hydrogen-bond acceptors (Lipinski definition) is 6. The van der Waals surface area contributed by atoms with E-state index < -0.39 is 0 Å². The molecule has 1 aliphatic heterocycles. The van der Waals surface area contributed by atoms with Crippen LogP contribution in [0.25, 0.3) is 28.2 Å². The van der Waals surface area contributed by atoms with Gasteiger partial charge in [0.15, 0.2) is 5.65 Å². The maximum Gasteiger partial charge on any atom is 0.285 e. The third-order valence-corrected chi connectivity index (χ3v) is 6.24. The summed E-state index contributed by atoms with van der Waals surface area (Å²) in [4.78, 5) is 20.4. The Hall–Kier alpha value is -3.68. The van der Waals surface area contributed by atoms with Crippen LogP contribution in [0.15, 0.2) is 51.8 Å². The summed E-state index contributed by atoms with van der Waals surface area (Å²) in [6, 6.07) is 9.92. The molecule has 0 unspecified atom stereocenters.